The van der Waals surface area contributed by atoms with Crippen LogP contribution in [0.1, 0.15) is 70.6 Å². The first kappa shape index (κ1) is 32.1. The average molecular weight is 607 g/mol. The smallest absolute Gasteiger partial charge is 0.261 e. The van der Waals surface area contributed by atoms with Crippen molar-refractivity contribution in [2.45, 2.75) is 84.9 Å². The number of allylic oxidation sites excluding steroid dienone is 2. The molecule has 0 radical (unpaired) electrons. The Balaban J connectivity index is 1.64. The van der Waals surface area contributed by atoms with Gasteiger partial charge in [-0.15, -0.1) is 0 Å². The number of halogens is 3. The van der Waals surface area contributed by atoms with Crippen LogP contribution in [0.15, 0.2) is 23.9 Å². The lowest BCUT2D eigenvalue weighted by molar-refractivity contribution is -0.111. The van der Waals surface area contributed by atoms with Crippen LogP contribution in [0.5, 0.6) is 5.75 Å². The number of aliphatic hydroxyl groups excluding tert-OH is 1. The molecule has 1 aliphatic heterocycles. The zero-order valence-corrected chi connectivity index (χ0v) is 25.5. The number of carbonyl (C=O) groups excluding carboxylic acids is 1. The molecule has 2 heterocycles. The summed E-state index contributed by atoms with van der Waals surface area (Å²) in [7, 11) is 0. The van der Waals surface area contributed by atoms with E-state index >= 15 is 0 Å². The minimum Gasteiger partial charge on any atom is -0.491 e. The minimum atomic E-state index is -2.45. The van der Waals surface area contributed by atoms with Gasteiger partial charge in [0.15, 0.2) is 11.6 Å². The second kappa shape index (κ2) is 13.7. The lowest BCUT2D eigenvalue weighted by Gasteiger charge is -2.54. The molecule has 1 aliphatic carbocycles. The van der Waals surface area contributed by atoms with Crippen LogP contribution in [-0.4, -0.2) is 65.8 Å². The highest BCUT2D eigenvalue weighted by Gasteiger charge is 2.46. The number of aliphatic hydroxyl groups is 1. The maximum Gasteiger partial charge on any atom is 0.261 e. The molecule has 0 unspecified atom stereocenters. The molecule has 11 heteroatoms. The minimum absolute atomic E-state index is 0.0656. The third kappa shape index (κ3) is 7.38. The van der Waals surface area contributed by atoms with Crippen molar-refractivity contribution in [3.63, 3.8) is 0 Å². The van der Waals surface area contributed by atoms with Crippen LogP contribution in [0.4, 0.5) is 14.6 Å². The number of hydrogen-bond acceptors (Lipinski definition) is 8. The molecule has 2 aliphatic rings. The van der Waals surface area contributed by atoms with E-state index in [0.717, 1.165) is 50.8 Å². The third-order valence-corrected chi connectivity index (χ3v) is 8.48. The zero-order chi connectivity index (χ0) is 30.6. The van der Waals surface area contributed by atoms with Crippen LogP contribution < -0.4 is 15.4 Å². The second-order valence-electron chi connectivity index (χ2n) is 11.6. The number of anilines is 1. The van der Waals surface area contributed by atoms with Gasteiger partial charge < -0.3 is 25.2 Å². The number of rotatable bonds is 12. The van der Waals surface area contributed by atoms with Crippen molar-refractivity contribution in [2.24, 2.45) is 11.1 Å². The van der Waals surface area contributed by atoms with Crippen molar-refractivity contribution >= 4 is 28.8 Å². The monoisotopic (exact) mass is 606 g/mol. The SMILES string of the molecule is CCC[C@@H](O)COc1ccc(Cl)c(-c2nc(C(C(C)=O)=C(C)N)c(C)c(N3CC4(CCC(OCC(F)F)CC4)C3)n2)c1. The van der Waals surface area contributed by atoms with E-state index in [1.165, 1.54) is 6.92 Å². The lowest BCUT2D eigenvalue weighted by Crippen LogP contribution is -2.58. The molecule has 8 nitrogen and oxygen atoms in total. The van der Waals surface area contributed by atoms with Gasteiger partial charge in [0, 0.05) is 35.3 Å². The third-order valence-electron chi connectivity index (χ3n) is 8.15. The van der Waals surface area contributed by atoms with Crippen LogP contribution in [-0.2, 0) is 9.53 Å². The van der Waals surface area contributed by atoms with Crippen molar-refractivity contribution in [3.05, 3.63) is 40.2 Å². The Hall–Kier alpha value is -2.82. The van der Waals surface area contributed by atoms with Crippen molar-refractivity contribution in [2.75, 3.05) is 31.2 Å². The van der Waals surface area contributed by atoms with Crippen molar-refractivity contribution in [3.8, 4) is 17.1 Å². The van der Waals surface area contributed by atoms with Gasteiger partial charge in [-0.25, -0.2) is 18.7 Å². The molecule has 1 saturated heterocycles. The van der Waals surface area contributed by atoms with Crippen LogP contribution in [0.2, 0.25) is 5.02 Å². The summed E-state index contributed by atoms with van der Waals surface area (Å²) in [6.07, 6.45) is 1.58. The molecule has 230 valence electrons. The maximum absolute atomic E-state index is 12.7. The van der Waals surface area contributed by atoms with Crippen LogP contribution in [0.25, 0.3) is 17.0 Å². The molecular formula is C31H41ClF2N4O4. The highest BCUT2D eigenvalue weighted by molar-refractivity contribution is 6.33. The molecule has 3 N–H and O–H groups in total. The number of benzene rings is 1. The van der Waals surface area contributed by atoms with Gasteiger partial charge in [0.2, 0.25) is 0 Å². The summed E-state index contributed by atoms with van der Waals surface area (Å²) < 4.78 is 36.4. The Bertz CT molecular complexity index is 1300. The largest absolute Gasteiger partial charge is 0.491 e. The summed E-state index contributed by atoms with van der Waals surface area (Å²) in [5, 5.41) is 10.5. The summed E-state index contributed by atoms with van der Waals surface area (Å²) >= 11 is 6.63. The van der Waals surface area contributed by atoms with E-state index in [1.54, 1.807) is 25.1 Å². The first-order valence-electron chi connectivity index (χ1n) is 14.5. The first-order chi connectivity index (χ1) is 19.9. The molecule has 1 aromatic heterocycles. The first-order valence-corrected chi connectivity index (χ1v) is 14.9. The van der Waals surface area contributed by atoms with Gasteiger partial charge in [0.25, 0.3) is 6.43 Å². The number of hydrogen-bond donors (Lipinski definition) is 2. The number of ketones is 1. The summed E-state index contributed by atoms with van der Waals surface area (Å²) in [5.41, 5.74) is 8.65. The van der Waals surface area contributed by atoms with E-state index in [1.807, 2.05) is 13.8 Å². The quantitative estimate of drug-likeness (QED) is 0.285. The van der Waals surface area contributed by atoms with E-state index in [4.69, 9.17) is 36.8 Å². The maximum atomic E-state index is 12.7. The summed E-state index contributed by atoms with van der Waals surface area (Å²) in [5.74, 6) is 1.34. The molecule has 0 amide bonds. The summed E-state index contributed by atoms with van der Waals surface area (Å²) in [6.45, 7) is 8.14. The van der Waals surface area contributed by atoms with Gasteiger partial charge >= 0.3 is 0 Å². The Morgan fingerprint density at radius 2 is 1.90 bits per heavy atom. The molecule has 4 rings (SSSR count). The van der Waals surface area contributed by atoms with Crippen molar-refractivity contribution in [1.29, 1.82) is 0 Å². The number of nitrogens with two attached hydrogens (primary N) is 1. The fourth-order valence-electron chi connectivity index (χ4n) is 5.99. The zero-order valence-electron chi connectivity index (χ0n) is 24.8. The Morgan fingerprint density at radius 3 is 2.50 bits per heavy atom. The van der Waals surface area contributed by atoms with Crippen LogP contribution >= 0.6 is 11.6 Å². The number of Topliss-reactive ketones (excluding diaryl/α,β-unsaturated/α-hetero) is 1. The predicted molar refractivity (Wildman–Crippen MR) is 160 cm³/mol. The van der Waals surface area contributed by atoms with E-state index in [-0.39, 0.29) is 23.9 Å². The number of alkyl halides is 2. The Morgan fingerprint density at radius 1 is 1.21 bits per heavy atom. The normalized spacial score (nSPS) is 18.2. The van der Waals surface area contributed by atoms with Gasteiger partial charge in [-0.2, -0.15) is 0 Å². The Kier molecular flexibility index (Phi) is 10.4. The van der Waals surface area contributed by atoms with Gasteiger partial charge in [0.1, 0.15) is 24.8 Å². The Labute approximate surface area is 251 Å². The van der Waals surface area contributed by atoms with Crippen LogP contribution in [0, 0.1) is 12.3 Å². The molecule has 2 fully saturated rings. The molecule has 42 heavy (non-hydrogen) atoms. The fourth-order valence-corrected chi connectivity index (χ4v) is 6.19. The highest BCUT2D eigenvalue weighted by atomic mass is 35.5. The molecule has 2 aromatic rings. The van der Waals surface area contributed by atoms with Crippen molar-refractivity contribution in [1.82, 2.24) is 9.97 Å². The van der Waals surface area contributed by atoms with Gasteiger partial charge in [-0.3, -0.25) is 4.79 Å². The number of carbonyl (C=O) groups is 1. The lowest BCUT2D eigenvalue weighted by atomic mass is 9.68. The average Bonchev–Trinajstić information content (AvgIpc) is 2.91. The molecule has 1 atom stereocenters. The van der Waals surface area contributed by atoms with E-state index in [9.17, 15) is 18.7 Å². The molecule has 1 aromatic carbocycles. The molecule has 0 bridgehead atoms. The van der Waals surface area contributed by atoms with Gasteiger partial charge in [0.05, 0.1) is 28.5 Å². The van der Waals surface area contributed by atoms with Gasteiger partial charge in [-0.1, -0.05) is 24.9 Å². The number of aromatic nitrogens is 2. The van der Waals surface area contributed by atoms with E-state index < -0.39 is 19.1 Å². The predicted octanol–water partition coefficient (Wildman–Crippen LogP) is 5.95. The number of ether oxygens (including phenoxy) is 2. The summed E-state index contributed by atoms with van der Waals surface area (Å²) in [4.78, 5) is 24.6. The second-order valence-corrected chi connectivity index (χ2v) is 12.0. The fraction of sp³-hybridized carbons (Fsp3) is 0.581. The standard InChI is InChI=1S/C31H41ClF2N4O4/c1-5-6-21(40)14-41-23-7-8-25(32)24(13-23)29-36-28(27(19(3)35)20(4)39)18(2)30(37-29)38-16-31(17-38)11-9-22(10-12-31)42-15-26(33)34/h7-8,13,21-22,26,40H,5-6,9-12,14-17,35H2,1-4H3/t21-/m1/s1. The molecule has 1 spiro atoms. The van der Waals surface area contributed by atoms with E-state index in [0.29, 0.717) is 51.4 Å². The summed E-state index contributed by atoms with van der Waals surface area (Å²) in [6, 6.07) is 5.17. The number of nitrogens with zero attached hydrogens (tertiary/aromatic N) is 3. The molecule has 1 saturated carbocycles. The van der Waals surface area contributed by atoms with Crippen LogP contribution in [0.3, 0.4) is 0 Å². The topological polar surface area (TPSA) is 111 Å². The van der Waals surface area contributed by atoms with Gasteiger partial charge in [-0.05, 0) is 71.1 Å². The van der Waals surface area contributed by atoms with E-state index in [2.05, 4.69) is 4.90 Å². The highest BCUT2D eigenvalue weighted by Crippen LogP contribution is 2.47. The van der Waals surface area contributed by atoms with Crippen molar-refractivity contribution < 1.29 is 28.2 Å². The molecular weight excluding hydrogens is 566 g/mol.